The maximum absolute atomic E-state index is 12.9. The van der Waals surface area contributed by atoms with E-state index in [-0.39, 0.29) is 11.5 Å². The van der Waals surface area contributed by atoms with Crippen LogP contribution in [0.5, 0.6) is 11.5 Å². The molecule has 41 heavy (non-hydrogen) atoms. The van der Waals surface area contributed by atoms with Gasteiger partial charge in [-0.25, -0.2) is 0 Å². The highest BCUT2D eigenvalue weighted by Gasteiger charge is 2.36. The molecular weight excluding hydrogens is 634 g/mol. The van der Waals surface area contributed by atoms with Gasteiger partial charge in [0.25, 0.3) is 17.1 Å². The number of halogens is 2. The monoisotopic (exact) mass is 657 g/mol. The van der Waals surface area contributed by atoms with Crippen molar-refractivity contribution >= 4 is 79.7 Å². The molecule has 0 bridgehead atoms. The van der Waals surface area contributed by atoms with Crippen molar-refractivity contribution in [3.8, 4) is 11.5 Å². The van der Waals surface area contributed by atoms with E-state index in [4.69, 9.17) is 21.1 Å². The average Bonchev–Trinajstić information content (AvgIpc) is 3.18. The van der Waals surface area contributed by atoms with Gasteiger partial charge in [0, 0.05) is 15.8 Å². The van der Waals surface area contributed by atoms with Gasteiger partial charge in [-0.15, -0.1) is 0 Å². The molecule has 0 radical (unpaired) electrons. The summed E-state index contributed by atoms with van der Waals surface area (Å²) in [6.07, 6.45) is 1.53. The normalized spacial score (nSPS) is 13.9. The first-order chi connectivity index (χ1) is 19.5. The Morgan fingerprint density at radius 1 is 1.00 bits per heavy atom. The van der Waals surface area contributed by atoms with Crippen LogP contribution in [0.4, 0.5) is 16.2 Å². The van der Waals surface area contributed by atoms with Gasteiger partial charge in [-0.1, -0.05) is 35.4 Å². The van der Waals surface area contributed by atoms with E-state index < -0.39 is 29.5 Å². The lowest BCUT2D eigenvalue weighted by Crippen LogP contribution is -2.36. The fourth-order valence-corrected chi connectivity index (χ4v) is 5.15. The number of rotatable bonds is 9. The van der Waals surface area contributed by atoms with Gasteiger partial charge in [-0.3, -0.25) is 24.1 Å². The first-order valence-electron chi connectivity index (χ1n) is 12.2. The molecule has 0 aromatic heterocycles. The van der Waals surface area contributed by atoms with Gasteiger partial charge in [0.15, 0.2) is 18.1 Å². The zero-order valence-electron chi connectivity index (χ0n) is 22.2. The van der Waals surface area contributed by atoms with E-state index in [1.54, 1.807) is 42.5 Å². The number of nitrogens with zero attached hydrogens (tertiary/aromatic N) is 1. The lowest BCUT2D eigenvalue weighted by Gasteiger charge is -2.14. The van der Waals surface area contributed by atoms with Crippen molar-refractivity contribution in [2.24, 2.45) is 0 Å². The summed E-state index contributed by atoms with van der Waals surface area (Å²) < 4.78 is 11.7. The van der Waals surface area contributed by atoms with E-state index in [2.05, 4.69) is 26.6 Å². The van der Waals surface area contributed by atoms with Crippen LogP contribution in [0.15, 0.2) is 64.0 Å². The van der Waals surface area contributed by atoms with Crippen molar-refractivity contribution in [3.63, 3.8) is 0 Å². The van der Waals surface area contributed by atoms with Gasteiger partial charge in [-0.05, 0) is 95.1 Å². The Morgan fingerprint density at radius 2 is 1.78 bits per heavy atom. The summed E-state index contributed by atoms with van der Waals surface area (Å²) >= 11 is 10.1. The minimum atomic E-state index is -0.570. The standard InChI is InChI=1S/C29H25BrClN3O6S/c1-16-4-8-22(17(2)10-16)33-26(35)14-34-28(37)25(41-29(34)38)12-18-5-9-23(24(11-18)39-3)40-15-27(36)32-19-6-7-20(30)21(31)13-19/h4-13H,14-15H2,1-3H3,(H,32,36)(H,33,35)/b25-12+. The Labute approximate surface area is 254 Å². The summed E-state index contributed by atoms with van der Waals surface area (Å²) in [7, 11) is 1.44. The number of carbonyl (C=O) groups is 4. The van der Waals surface area contributed by atoms with E-state index in [0.29, 0.717) is 37.9 Å². The second kappa shape index (κ2) is 13.2. The smallest absolute Gasteiger partial charge is 0.294 e. The number of hydrogen-bond donors (Lipinski definition) is 2. The summed E-state index contributed by atoms with van der Waals surface area (Å²) in [5.74, 6) is -0.810. The molecule has 1 aliphatic heterocycles. The maximum Gasteiger partial charge on any atom is 0.294 e. The Balaban J connectivity index is 1.38. The lowest BCUT2D eigenvalue weighted by atomic mass is 10.1. The third kappa shape index (κ3) is 7.69. The van der Waals surface area contributed by atoms with E-state index in [0.717, 1.165) is 27.8 Å². The first kappa shape index (κ1) is 30.2. The summed E-state index contributed by atoms with van der Waals surface area (Å²) in [4.78, 5) is 51.4. The van der Waals surface area contributed by atoms with Crippen molar-refractivity contribution in [1.29, 1.82) is 0 Å². The molecule has 1 heterocycles. The molecule has 0 spiro atoms. The van der Waals surface area contributed by atoms with Crippen LogP contribution in [-0.2, 0) is 14.4 Å². The molecule has 2 N–H and O–H groups in total. The molecule has 1 fully saturated rings. The SMILES string of the molecule is COc1cc(/C=C2/SC(=O)N(CC(=O)Nc3ccc(C)cc3C)C2=O)ccc1OCC(=O)Nc1ccc(Br)c(Cl)c1. The zero-order chi connectivity index (χ0) is 29.7. The van der Waals surface area contributed by atoms with E-state index in [1.165, 1.54) is 13.2 Å². The topological polar surface area (TPSA) is 114 Å². The number of anilines is 2. The van der Waals surface area contributed by atoms with Crippen LogP contribution in [0.1, 0.15) is 16.7 Å². The molecule has 4 amide bonds. The number of methoxy groups -OCH3 is 1. The average molecular weight is 659 g/mol. The number of ether oxygens (including phenoxy) is 2. The molecule has 3 aromatic rings. The second-order valence-corrected chi connectivity index (χ2v) is 11.3. The third-order valence-electron chi connectivity index (χ3n) is 5.88. The number of amides is 4. The highest BCUT2D eigenvalue weighted by atomic mass is 79.9. The number of aryl methyl sites for hydroxylation is 2. The molecule has 3 aromatic carbocycles. The number of thioether (sulfide) groups is 1. The van der Waals surface area contributed by atoms with Crippen molar-refractivity contribution in [2.75, 3.05) is 30.9 Å². The third-order valence-corrected chi connectivity index (χ3v) is 8.02. The van der Waals surface area contributed by atoms with E-state index >= 15 is 0 Å². The Morgan fingerprint density at radius 3 is 2.49 bits per heavy atom. The summed E-state index contributed by atoms with van der Waals surface area (Å²) in [5.41, 5.74) is 3.64. The Kier molecular flexibility index (Phi) is 9.74. The fraction of sp³-hybridized carbons (Fsp3) is 0.172. The van der Waals surface area contributed by atoms with Gasteiger partial charge in [0.2, 0.25) is 5.91 Å². The molecular formula is C29H25BrClN3O6S. The largest absolute Gasteiger partial charge is 0.493 e. The molecule has 0 saturated carbocycles. The van der Waals surface area contributed by atoms with Crippen molar-refractivity contribution < 1.29 is 28.7 Å². The van der Waals surface area contributed by atoms with Crippen LogP contribution in [0, 0.1) is 13.8 Å². The summed E-state index contributed by atoms with van der Waals surface area (Å²) in [6.45, 7) is 3.13. The van der Waals surface area contributed by atoms with Crippen LogP contribution in [-0.4, -0.2) is 48.1 Å². The molecule has 0 atom stereocenters. The Bertz CT molecular complexity index is 1580. The highest BCUT2D eigenvalue weighted by molar-refractivity contribution is 9.10. The summed E-state index contributed by atoms with van der Waals surface area (Å²) in [6, 6.07) is 15.5. The molecule has 212 valence electrons. The van der Waals surface area contributed by atoms with Gasteiger partial charge < -0.3 is 20.1 Å². The molecule has 0 unspecified atom stereocenters. The zero-order valence-corrected chi connectivity index (χ0v) is 25.4. The molecule has 1 saturated heterocycles. The minimum absolute atomic E-state index is 0.164. The molecule has 12 heteroatoms. The first-order valence-corrected chi connectivity index (χ1v) is 14.2. The molecule has 0 aliphatic carbocycles. The number of imide groups is 1. The van der Waals surface area contributed by atoms with E-state index in [1.807, 2.05) is 26.0 Å². The quantitative estimate of drug-likeness (QED) is 0.255. The van der Waals surface area contributed by atoms with Crippen molar-refractivity contribution in [2.45, 2.75) is 13.8 Å². The van der Waals surface area contributed by atoms with Crippen LogP contribution in [0.3, 0.4) is 0 Å². The minimum Gasteiger partial charge on any atom is -0.493 e. The van der Waals surface area contributed by atoms with Crippen LogP contribution in [0.2, 0.25) is 5.02 Å². The predicted octanol–water partition coefficient (Wildman–Crippen LogP) is 6.42. The number of carbonyl (C=O) groups excluding carboxylic acids is 4. The predicted molar refractivity (Wildman–Crippen MR) is 163 cm³/mol. The van der Waals surface area contributed by atoms with E-state index in [9.17, 15) is 19.2 Å². The number of hydrogen-bond acceptors (Lipinski definition) is 7. The highest BCUT2D eigenvalue weighted by Crippen LogP contribution is 2.34. The van der Waals surface area contributed by atoms with Crippen LogP contribution >= 0.6 is 39.3 Å². The maximum atomic E-state index is 12.9. The molecule has 9 nitrogen and oxygen atoms in total. The van der Waals surface area contributed by atoms with Gasteiger partial charge in [-0.2, -0.15) is 0 Å². The molecule has 1 aliphatic rings. The Hall–Kier alpha value is -3.80. The van der Waals surface area contributed by atoms with Gasteiger partial charge in [0.1, 0.15) is 6.54 Å². The van der Waals surface area contributed by atoms with Crippen LogP contribution < -0.4 is 20.1 Å². The van der Waals surface area contributed by atoms with Gasteiger partial charge in [0.05, 0.1) is 17.0 Å². The van der Waals surface area contributed by atoms with Gasteiger partial charge >= 0.3 is 0 Å². The lowest BCUT2D eigenvalue weighted by molar-refractivity contribution is -0.127. The second-order valence-electron chi connectivity index (χ2n) is 9.01. The summed E-state index contributed by atoms with van der Waals surface area (Å²) in [5, 5.41) is 5.36. The fourth-order valence-electron chi connectivity index (χ4n) is 3.88. The van der Waals surface area contributed by atoms with Crippen molar-refractivity contribution in [1.82, 2.24) is 4.90 Å². The number of nitrogens with one attached hydrogen (secondary N) is 2. The number of benzene rings is 3. The van der Waals surface area contributed by atoms with Crippen LogP contribution in [0.25, 0.3) is 6.08 Å². The van der Waals surface area contributed by atoms with Crippen molar-refractivity contribution in [3.05, 3.63) is 85.7 Å². The molecule has 4 rings (SSSR count).